The molecule has 1 aromatic carbocycles. The molecule has 0 saturated carbocycles. The summed E-state index contributed by atoms with van der Waals surface area (Å²) in [5.41, 5.74) is 0.618. The second kappa shape index (κ2) is 7.98. The first-order valence-electron chi connectivity index (χ1n) is 9.51. The number of hydrogen-bond donors (Lipinski definition) is 2. The second-order valence-electron chi connectivity index (χ2n) is 7.93. The van der Waals surface area contributed by atoms with Gasteiger partial charge < -0.3 is 20.4 Å². The monoisotopic (exact) mass is 372 g/mol. The van der Waals surface area contributed by atoms with Gasteiger partial charge in [-0.25, -0.2) is 4.79 Å². The van der Waals surface area contributed by atoms with Gasteiger partial charge in [0.25, 0.3) is 0 Å². The van der Waals surface area contributed by atoms with E-state index in [-0.39, 0.29) is 23.8 Å². The zero-order valence-electron chi connectivity index (χ0n) is 16.0. The molecule has 1 atom stereocenters. The number of benzene rings is 1. The van der Waals surface area contributed by atoms with Crippen LogP contribution in [0.25, 0.3) is 0 Å². The first-order chi connectivity index (χ1) is 12.9. The number of carbonyl (C=O) groups excluding carboxylic acids is 3. The largest absolute Gasteiger partial charge is 0.355 e. The van der Waals surface area contributed by atoms with Gasteiger partial charge in [-0.05, 0) is 5.56 Å². The summed E-state index contributed by atoms with van der Waals surface area (Å²) in [5.74, 6) is -0.0515. The van der Waals surface area contributed by atoms with Crippen LogP contribution in [0, 0.1) is 11.3 Å². The van der Waals surface area contributed by atoms with E-state index in [1.165, 1.54) is 0 Å². The quantitative estimate of drug-likeness (QED) is 0.837. The predicted octanol–water partition coefficient (Wildman–Crippen LogP) is 1.20. The molecule has 2 heterocycles. The minimum Gasteiger partial charge on any atom is -0.355 e. The van der Waals surface area contributed by atoms with E-state index >= 15 is 0 Å². The molecule has 0 radical (unpaired) electrons. The SMILES string of the molecule is CC(C)C(=O)N1CCN(C(=O)NCc2ccccc2)C[C@]2(CNC(=O)C2)C1. The number of amides is 4. The number of nitrogens with zero attached hydrogens (tertiary/aromatic N) is 2. The van der Waals surface area contributed by atoms with Crippen LogP contribution in [-0.2, 0) is 16.1 Å². The van der Waals surface area contributed by atoms with Crippen molar-refractivity contribution >= 4 is 17.8 Å². The Morgan fingerprint density at radius 2 is 1.81 bits per heavy atom. The molecule has 0 unspecified atom stereocenters. The van der Waals surface area contributed by atoms with Gasteiger partial charge in [-0.3, -0.25) is 9.59 Å². The minimum atomic E-state index is -0.414. The predicted molar refractivity (Wildman–Crippen MR) is 102 cm³/mol. The second-order valence-corrected chi connectivity index (χ2v) is 7.93. The average molecular weight is 372 g/mol. The van der Waals surface area contributed by atoms with E-state index in [0.29, 0.717) is 45.7 Å². The summed E-state index contributed by atoms with van der Waals surface area (Å²) >= 11 is 0. The molecule has 1 spiro atoms. The van der Waals surface area contributed by atoms with E-state index in [1.807, 2.05) is 49.1 Å². The maximum Gasteiger partial charge on any atom is 0.317 e. The molecule has 0 aromatic heterocycles. The van der Waals surface area contributed by atoms with E-state index in [9.17, 15) is 14.4 Å². The summed E-state index contributed by atoms with van der Waals surface area (Å²) < 4.78 is 0. The van der Waals surface area contributed by atoms with E-state index in [1.54, 1.807) is 4.90 Å². The number of carbonyl (C=O) groups is 3. The summed E-state index contributed by atoms with van der Waals surface area (Å²) in [6, 6.07) is 9.59. The zero-order valence-corrected chi connectivity index (χ0v) is 16.0. The number of nitrogens with one attached hydrogen (secondary N) is 2. The van der Waals surface area contributed by atoms with Crippen LogP contribution in [0.1, 0.15) is 25.8 Å². The van der Waals surface area contributed by atoms with Gasteiger partial charge in [0.2, 0.25) is 11.8 Å². The van der Waals surface area contributed by atoms with Crippen LogP contribution in [0.4, 0.5) is 4.79 Å². The fourth-order valence-corrected chi connectivity index (χ4v) is 3.85. The van der Waals surface area contributed by atoms with Crippen molar-refractivity contribution < 1.29 is 14.4 Å². The molecule has 2 N–H and O–H groups in total. The number of hydrogen-bond acceptors (Lipinski definition) is 3. The highest BCUT2D eigenvalue weighted by Crippen LogP contribution is 2.31. The number of rotatable bonds is 3. The van der Waals surface area contributed by atoms with E-state index in [4.69, 9.17) is 0 Å². The number of urea groups is 1. The summed E-state index contributed by atoms with van der Waals surface area (Å²) in [6.07, 6.45) is 0.345. The molecule has 7 nitrogen and oxygen atoms in total. The van der Waals surface area contributed by atoms with E-state index < -0.39 is 5.41 Å². The Hall–Kier alpha value is -2.57. The molecule has 1 aromatic rings. The Kier molecular flexibility index (Phi) is 5.68. The van der Waals surface area contributed by atoms with Crippen molar-refractivity contribution in [3.8, 4) is 0 Å². The van der Waals surface area contributed by atoms with Crippen molar-refractivity contribution in [3.05, 3.63) is 35.9 Å². The van der Waals surface area contributed by atoms with Gasteiger partial charge in [0, 0.05) is 57.0 Å². The third-order valence-electron chi connectivity index (χ3n) is 5.27. The van der Waals surface area contributed by atoms with Gasteiger partial charge in [0.15, 0.2) is 0 Å². The minimum absolute atomic E-state index is 0.0153. The van der Waals surface area contributed by atoms with Crippen molar-refractivity contribution in [1.82, 2.24) is 20.4 Å². The fraction of sp³-hybridized carbons (Fsp3) is 0.550. The summed E-state index contributed by atoms with van der Waals surface area (Å²) in [4.78, 5) is 40.8. The summed E-state index contributed by atoms with van der Waals surface area (Å²) in [6.45, 7) is 6.63. The Morgan fingerprint density at radius 3 is 2.44 bits per heavy atom. The zero-order chi connectivity index (χ0) is 19.4. The maximum absolute atomic E-state index is 12.8. The van der Waals surface area contributed by atoms with Crippen LogP contribution >= 0.6 is 0 Å². The van der Waals surface area contributed by atoms with Crippen molar-refractivity contribution in [1.29, 1.82) is 0 Å². The Balaban J connectivity index is 1.71. The van der Waals surface area contributed by atoms with E-state index in [0.717, 1.165) is 5.56 Å². The van der Waals surface area contributed by atoms with Crippen LogP contribution < -0.4 is 10.6 Å². The lowest BCUT2D eigenvalue weighted by atomic mass is 9.86. The highest BCUT2D eigenvalue weighted by molar-refractivity contribution is 5.81. The van der Waals surface area contributed by atoms with Crippen LogP contribution in [0.3, 0.4) is 0 Å². The molecule has 0 aliphatic carbocycles. The molecule has 2 aliphatic rings. The molecule has 2 aliphatic heterocycles. The molecule has 146 valence electrons. The van der Waals surface area contributed by atoms with Crippen LogP contribution in [0.15, 0.2) is 30.3 Å². The first-order valence-corrected chi connectivity index (χ1v) is 9.51. The van der Waals surface area contributed by atoms with Gasteiger partial charge in [0.05, 0.1) is 0 Å². The Morgan fingerprint density at radius 1 is 1.15 bits per heavy atom. The molecule has 3 rings (SSSR count). The Bertz CT molecular complexity index is 706. The summed E-state index contributed by atoms with van der Waals surface area (Å²) in [5, 5.41) is 5.84. The highest BCUT2D eigenvalue weighted by Gasteiger charge is 2.45. The molecular weight excluding hydrogens is 344 g/mol. The third kappa shape index (κ3) is 4.59. The normalized spacial score (nSPS) is 22.7. The van der Waals surface area contributed by atoms with E-state index in [2.05, 4.69) is 10.6 Å². The van der Waals surface area contributed by atoms with Gasteiger partial charge in [-0.15, -0.1) is 0 Å². The topological polar surface area (TPSA) is 81.8 Å². The Labute approximate surface area is 160 Å². The van der Waals surface area contributed by atoms with Crippen molar-refractivity contribution in [2.24, 2.45) is 11.3 Å². The average Bonchev–Trinajstić information content (AvgIpc) is 2.91. The molecule has 4 amide bonds. The fourth-order valence-electron chi connectivity index (χ4n) is 3.85. The van der Waals surface area contributed by atoms with Gasteiger partial charge in [0.1, 0.15) is 0 Å². The molecule has 0 bridgehead atoms. The smallest absolute Gasteiger partial charge is 0.317 e. The molecule has 2 fully saturated rings. The molecule has 2 saturated heterocycles. The van der Waals surface area contributed by atoms with Gasteiger partial charge >= 0.3 is 6.03 Å². The van der Waals surface area contributed by atoms with Crippen molar-refractivity contribution in [3.63, 3.8) is 0 Å². The molecular formula is C20H28N4O3. The third-order valence-corrected chi connectivity index (χ3v) is 5.27. The van der Waals surface area contributed by atoms with Crippen molar-refractivity contribution in [2.45, 2.75) is 26.8 Å². The lowest BCUT2D eigenvalue weighted by Crippen LogP contribution is -2.47. The lowest BCUT2D eigenvalue weighted by Gasteiger charge is -2.33. The first kappa shape index (κ1) is 19.2. The maximum atomic E-state index is 12.8. The lowest BCUT2D eigenvalue weighted by molar-refractivity contribution is -0.135. The molecule has 27 heavy (non-hydrogen) atoms. The van der Waals surface area contributed by atoms with Crippen LogP contribution in [0.2, 0.25) is 0 Å². The van der Waals surface area contributed by atoms with Crippen LogP contribution in [0.5, 0.6) is 0 Å². The van der Waals surface area contributed by atoms with Crippen LogP contribution in [-0.4, -0.2) is 60.4 Å². The molecule has 7 heteroatoms. The van der Waals surface area contributed by atoms with Gasteiger partial charge in [-0.1, -0.05) is 44.2 Å². The summed E-state index contributed by atoms with van der Waals surface area (Å²) in [7, 11) is 0. The highest BCUT2D eigenvalue weighted by atomic mass is 16.2. The van der Waals surface area contributed by atoms with Gasteiger partial charge in [-0.2, -0.15) is 0 Å². The van der Waals surface area contributed by atoms with Crippen molar-refractivity contribution in [2.75, 3.05) is 32.7 Å². The standard InChI is InChI=1S/C20H28N4O3/c1-15(2)18(26)23-8-9-24(14-20(13-23)10-17(25)22-12-20)19(27)21-11-16-6-4-3-5-7-16/h3-7,15H,8-14H2,1-2H3,(H,21,27)(H,22,25)/t20-/m1/s1.